The van der Waals surface area contributed by atoms with Crippen molar-refractivity contribution in [2.24, 2.45) is 5.92 Å². The number of carboxylic acid groups (broad SMARTS) is 1. The molecule has 1 aromatic heterocycles. The second-order valence-corrected chi connectivity index (χ2v) is 11.5. The van der Waals surface area contributed by atoms with Crippen LogP contribution < -0.4 is 15.4 Å². The predicted octanol–water partition coefficient (Wildman–Crippen LogP) is 3.68. The van der Waals surface area contributed by atoms with Gasteiger partial charge in [-0.05, 0) is 39.2 Å². The highest BCUT2D eigenvalue weighted by Gasteiger charge is 2.53. The van der Waals surface area contributed by atoms with Gasteiger partial charge in [0.25, 0.3) is 0 Å². The van der Waals surface area contributed by atoms with Gasteiger partial charge in [-0.1, -0.05) is 0 Å². The first-order valence-corrected chi connectivity index (χ1v) is 14.0. The van der Waals surface area contributed by atoms with E-state index in [4.69, 9.17) is 13.8 Å². The Labute approximate surface area is 212 Å². The van der Waals surface area contributed by atoms with Crippen LogP contribution in [0.25, 0.3) is 10.9 Å². The number of nitrogens with zero attached hydrogens (tertiary/aromatic N) is 2. The molecule has 0 amide bonds. The van der Waals surface area contributed by atoms with E-state index in [1.165, 1.54) is 4.57 Å². The van der Waals surface area contributed by atoms with E-state index in [0.717, 1.165) is 12.3 Å². The van der Waals surface area contributed by atoms with Crippen molar-refractivity contribution in [2.75, 3.05) is 44.4 Å². The minimum Gasteiger partial charge on any atom is -0.477 e. The van der Waals surface area contributed by atoms with Gasteiger partial charge in [-0.25, -0.2) is 23.2 Å². The van der Waals surface area contributed by atoms with Gasteiger partial charge in [0, 0.05) is 44.4 Å². The van der Waals surface area contributed by atoms with Crippen molar-refractivity contribution in [3.8, 4) is 0 Å². The van der Waals surface area contributed by atoms with Crippen molar-refractivity contribution >= 4 is 30.3 Å². The summed E-state index contributed by atoms with van der Waals surface area (Å²) in [6, 6.07) is 0.775. The third-order valence-electron chi connectivity index (χ3n) is 7.34. The lowest BCUT2D eigenvalue weighted by Crippen LogP contribution is -2.46. The zero-order valence-corrected chi connectivity index (χ0v) is 21.6. The molecule has 0 spiro atoms. The number of hydrogen-bond donors (Lipinski definition) is 2. The van der Waals surface area contributed by atoms with Crippen molar-refractivity contribution in [3.63, 3.8) is 0 Å². The molecule has 1 aromatic carbocycles. The Morgan fingerprint density at radius 1 is 1.27 bits per heavy atom. The summed E-state index contributed by atoms with van der Waals surface area (Å²) in [5.41, 5.74) is -2.71. The first-order valence-electron chi connectivity index (χ1n) is 12.5. The van der Waals surface area contributed by atoms with Gasteiger partial charge in [-0.15, -0.1) is 0 Å². The SMILES string of the molecule is CCOP(=O)(NCC12CN(c3c(F)cc4c(=O)c(C(=O)O)cn(C5CC5)c4c3F)CC1CCO2)OCC. The van der Waals surface area contributed by atoms with Gasteiger partial charge in [0.05, 0.1) is 24.1 Å². The summed E-state index contributed by atoms with van der Waals surface area (Å²) >= 11 is 0. The Balaban J connectivity index is 1.52. The highest BCUT2D eigenvalue weighted by atomic mass is 31.2. The van der Waals surface area contributed by atoms with Crippen molar-refractivity contribution < 1.29 is 37.0 Å². The van der Waals surface area contributed by atoms with Gasteiger partial charge < -0.3 is 19.3 Å². The fourth-order valence-corrected chi connectivity index (χ4v) is 6.90. The summed E-state index contributed by atoms with van der Waals surface area (Å²) in [4.78, 5) is 25.9. The fourth-order valence-electron chi connectivity index (χ4n) is 5.51. The van der Waals surface area contributed by atoms with Crippen molar-refractivity contribution in [3.05, 3.63) is 39.7 Å². The minimum atomic E-state index is -3.58. The van der Waals surface area contributed by atoms with Crippen LogP contribution in [0.3, 0.4) is 0 Å². The van der Waals surface area contributed by atoms with E-state index < -0.39 is 41.9 Å². The lowest BCUT2D eigenvalue weighted by Gasteiger charge is -2.30. The Morgan fingerprint density at radius 3 is 2.59 bits per heavy atom. The second-order valence-electron chi connectivity index (χ2n) is 9.68. The molecule has 3 heterocycles. The first kappa shape index (κ1) is 26.2. The van der Waals surface area contributed by atoms with Gasteiger partial charge in [0.1, 0.15) is 22.7 Å². The molecule has 202 valence electrons. The summed E-state index contributed by atoms with van der Waals surface area (Å²) in [6.07, 6.45) is 3.22. The minimum absolute atomic E-state index is 0.0943. The predicted molar refractivity (Wildman–Crippen MR) is 131 cm³/mol. The number of fused-ring (bicyclic) bond motifs is 2. The zero-order valence-electron chi connectivity index (χ0n) is 20.7. The van der Waals surface area contributed by atoms with Crippen LogP contribution in [-0.2, 0) is 18.3 Å². The number of pyridine rings is 1. The maximum Gasteiger partial charge on any atom is 0.405 e. The highest BCUT2D eigenvalue weighted by molar-refractivity contribution is 7.51. The van der Waals surface area contributed by atoms with Gasteiger partial charge in [0.2, 0.25) is 5.43 Å². The molecule has 1 saturated carbocycles. The smallest absolute Gasteiger partial charge is 0.405 e. The van der Waals surface area contributed by atoms with Gasteiger partial charge in [0.15, 0.2) is 5.82 Å². The summed E-state index contributed by atoms with van der Waals surface area (Å²) < 4.78 is 62.6. The molecular formula is C24H30F2N3O7P. The molecule has 2 N–H and O–H groups in total. The van der Waals surface area contributed by atoms with Gasteiger partial charge in [-0.3, -0.25) is 13.8 Å². The third kappa shape index (κ3) is 4.59. The summed E-state index contributed by atoms with van der Waals surface area (Å²) in [5.74, 6) is -3.41. The molecule has 2 saturated heterocycles. The van der Waals surface area contributed by atoms with Crippen LogP contribution in [0.15, 0.2) is 17.1 Å². The first-order chi connectivity index (χ1) is 17.6. The molecule has 3 fully saturated rings. The van der Waals surface area contributed by atoms with E-state index in [-0.39, 0.29) is 61.4 Å². The molecule has 3 aliphatic rings. The normalized spacial score (nSPS) is 23.7. The second kappa shape index (κ2) is 9.74. The number of ether oxygens (including phenoxy) is 1. The highest BCUT2D eigenvalue weighted by Crippen LogP contribution is 2.48. The average Bonchev–Trinajstić information content (AvgIpc) is 3.51. The Hall–Kier alpha value is -2.37. The molecule has 5 rings (SSSR count). The number of nitrogens with one attached hydrogen (secondary N) is 1. The van der Waals surface area contributed by atoms with Crippen LogP contribution in [0.2, 0.25) is 0 Å². The van der Waals surface area contributed by atoms with Crippen molar-refractivity contribution in [1.82, 2.24) is 9.65 Å². The number of carbonyl (C=O) groups is 1. The van der Waals surface area contributed by atoms with Gasteiger partial charge in [-0.2, -0.15) is 0 Å². The molecule has 37 heavy (non-hydrogen) atoms. The number of halogens is 2. The molecule has 2 atom stereocenters. The molecule has 2 aliphatic heterocycles. The van der Waals surface area contributed by atoms with E-state index in [1.807, 2.05) is 0 Å². The number of carboxylic acids is 1. The number of anilines is 1. The van der Waals surface area contributed by atoms with Crippen LogP contribution in [-0.4, -0.2) is 60.7 Å². The average molecular weight is 541 g/mol. The lowest BCUT2D eigenvalue weighted by atomic mass is 9.91. The van der Waals surface area contributed by atoms with E-state index in [2.05, 4.69) is 5.09 Å². The van der Waals surface area contributed by atoms with Crippen LogP contribution in [0.4, 0.5) is 14.5 Å². The number of aromatic nitrogens is 1. The van der Waals surface area contributed by atoms with Crippen molar-refractivity contribution in [2.45, 2.75) is 44.8 Å². The zero-order chi connectivity index (χ0) is 26.5. The molecule has 2 unspecified atom stereocenters. The van der Waals surface area contributed by atoms with E-state index >= 15 is 8.78 Å². The summed E-state index contributed by atoms with van der Waals surface area (Å²) in [5, 5.41) is 12.0. The molecule has 0 radical (unpaired) electrons. The van der Waals surface area contributed by atoms with Crippen molar-refractivity contribution in [1.29, 1.82) is 0 Å². The molecule has 2 aromatic rings. The molecule has 13 heteroatoms. The van der Waals surface area contributed by atoms with Crippen LogP contribution in [0, 0.1) is 17.6 Å². The summed E-state index contributed by atoms with van der Waals surface area (Å²) in [7, 11) is -3.58. The van der Waals surface area contributed by atoms with Gasteiger partial charge >= 0.3 is 13.7 Å². The Kier molecular flexibility index (Phi) is 6.91. The van der Waals surface area contributed by atoms with E-state index in [9.17, 15) is 19.3 Å². The maximum atomic E-state index is 16.1. The topological polar surface area (TPSA) is 119 Å². The van der Waals surface area contributed by atoms with Crippen LogP contribution in [0.1, 0.15) is 49.5 Å². The fraction of sp³-hybridized carbons (Fsp3) is 0.583. The largest absolute Gasteiger partial charge is 0.477 e. The summed E-state index contributed by atoms with van der Waals surface area (Å²) in [6.45, 7) is 4.69. The number of hydrogen-bond acceptors (Lipinski definition) is 7. The Morgan fingerprint density at radius 2 is 1.97 bits per heavy atom. The Bertz CT molecular complexity index is 1340. The molecule has 0 bridgehead atoms. The van der Waals surface area contributed by atoms with E-state index in [1.54, 1.807) is 18.7 Å². The molecule has 10 nitrogen and oxygen atoms in total. The number of aromatic carboxylic acids is 1. The quantitative estimate of drug-likeness (QED) is 0.434. The third-order valence-corrected chi connectivity index (χ3v) is 9.08. The maximum absolute atomic E-state index is 16.1. The number of benzene rings is 1. The van der Waals surface area contributed by atoms with Crippen LogP contribution >= 0.6 is 7.75 Å². The molecular weight excluding hydrogens is 511 g/mol. The van der Waals surface area contributed by atoms with E-state index in [0.29, 0.717) is 25.9 Å². The lowest BCUT2D eigenvalue weighted by molar-refractivity contribution is 0.00757. The monoisotopic (exact) mass is 541 g/mol. The standard InChI is InChI=1S/C24H30F2N3O7P/c1-3-35-37(33,36-4-2)27-12-24-13-28(10-14(24)7-8-34-24)21-18(25)9-16-20(19(21)26)29(15-5-6-15)11-17(22(16)30)23(31)32/h9,11,14-15H,3-8,10,12-13H2,1-2H3,(H,27,33)(H,31,32). The van der Waals surface area contributed by atoms with Crippen LogP contribution in [0.5, 0.6) is 0 Å². The number of rotatable bonds is 10. The molecule has 1 aliphatic carbocycles.